The van der Waals surface area contributed by atoms with Crippen LogP contribution in [0.25, 0.3) is 0 Å². The van der Waals surface area contributed by atoms with Crippen LogP contribution in [0.3, 0.4) is 0 Å². The minimum atomic E-state index is -0.361. The smallest absolute Gasteiger partial charge is 0.315 e. The molecule has 1 rings (SSSR count). The van der Waals surface area contributed by atoms with Crippen LogP contribution in [0.15, 0.2) is 0 Å². The molecule has 1 aliphatic heterocycles. The fourth-order valence-corrected chi connectivity index (χ4v) is 1.28. The van der Waals surface area contributed by atoms with E-state index < -0.39 is 0 Å². The van der Waals surface area contributed by atoms with Crippen molar-refractivity contribution in [1.82, 2.24) is 16.0 Å². The maximum absolute atomic E-state index is 11.2. The van der Waals surface area contributed by atoms with Crippen LogP contribution in [-0.4, -0.2) is 31.1 Å². The van der Waals surface area contributed by atoms with Crippen molar-refractivity contribution in [2.24, 2.45) is 0 Å². The van der Waals surface area contributed by atoms with E-state index in [1.165, 1.54) is 0 Å². The monoisotopic (exact) mass is 185 g/mol. The number of carbonyl (C=O) groups is 2. The van der Waals surface area contributed by atoms with Gasteiger partial charge in [-0.1, -0.05) is 0 Å². The molecule has 5 nitrogen and oxygen atoms in total. The molecule has 3 amide bonds. The van der Waals surface area contributed by atoms with Crippen LogP contribution in [0.4, 0.5) is 4.79 Å². The van der Waals surface area contributed by atoms with Crippen molar-refractivity contribution in [3.05, 3.63) is 0 Å². The van der Waals surface area contributed by atoms with Gasteiger partial charge in [-0.05, 0) is 19.8 Å². The minimum Gasteiger partial charge on any atom is -0.354 e. The predicted molar refractivity (Wildman–Crippen MR) is 48.2 cm³/mol. The zero-order valence-electron chi connectivity index (χ0n) is 7.72. The average Bonchev–Trinajstić information content (AvgIpc) is 2.09. The summed E-state index contributed by atoms with van der Waals surface area (Å²) in [6.45, 7) is 3.12. The predicted octanol–water partition coefficient (Wildman–Crippen LogP) is -0.416. The summed E-state index contributed by atoms with van der Waals surface area (Å²) in [4.78, 5) is 22.2. The summed E-state index contributed by atoms with van der Waals surface area (Å²) in [5.41, 5.74) is 0. The lowest BCUT2D eigenvalue weighted by molar-refractivity contribution is -0.124. The van der Waals surface area contributed by atoms with Crippen molar-refractivity contribution in [3.63, 3.8) is 0 Å². The Morgan fingerprint density at radius 1 is 1.69 bits per heavy atom. The molecule has 1 heterocycles. The number of amides is 3. The van der Waals surface area contributed by atoms with Gasteiger partial charge < -0.3 is 16.0 Å². The summed E-state index contributed by atoms with van der Waals surface area (Å²) in [7, 11) is 0. The van der Waals surface area contributed by atoms with Gasteiger partial charge in [-0.2, -0.15) is 0 Å². The van der Waals surface area contributed by atoms with Crippen LogP contribution in [-0.2, 0) is 4.79 Å². The molecular weight excluding hydrogens is 170 g/mol. The van der Waals surface area contributed by atoms with E-state index in [4.69, 9.17) is 0 Å². The van der Waals surface area contributed by atoms with E-state index in [0.29, 0.717) is 13.1 Å². The van der Waals surface area contributed by atoms with Crippen molar-refractivity contribution >= 4 is 11.9 Å². The van der Waals surface area contributed by atoms with Crippen molar-refractivity contribution < 1.29 is 9.59 Å². The van der Waals surface area contributed by atoms with Crippen LogP contribution in [0.1, 0.15) is 19.8 Å². The van der Waals surface area contributed by atoms with Gasteiger partial charge in [-0.15, -0.1) is 0 Å². The molecule has 0 aliphatic carbocycles. The highest BCUT2D eigenvalue weighted by Crippen LogP contribution is 2.01. The molecule has 0 aromatic rings. The van der Waals surface area contributed by atoms with E-state index in [2.05, 4.69) is 16.0 Å². The molecule has 0 saturated carbocycles. The Balaban J connectivity index is 2.33. The molecule has 13 heavy (non-hydrogen) atoms. The summed E-state index contributed by atoms with van der Waals surface area (Å²) < 4.78 is 0. The zero-order valence-corrected chi connectivity index (χ0v) is 7.72. The van der Waals surface area contributed by atoms with E-state index in [1.807, 2.05) is 6.92 Å². The van der Waals surface area contributed by atoms with Crippen LogP contribution in [0, 0.1) is 0 Å². The van der Waals surface area contributed by atoms with Gasteiger partial charge in [0.2, 0.25) is 5.91 Å². The fraction of sp³-hybridized carbons (Fsp3) is 0.750. The lowest BCUT2D eigenvalue weighted by atomic mass is 10.1. The first-order valence-electron chi connectivity index (χ1n) is 4.56. The topological polar surface area (TPSA) is 70.2 Å². The Hall–Kier alpha value is -1.26. The van der Waals surface area contributed by atoms with Crippen LogP contribution >= 0.6 is 0 Å². The molecule has 1 saturated heterocycles. The molecule has 3 N–H and O–H groups in total. The molecule has 0 aromatic heterocycles. The second kappa shape index (κ2) is 4.69. The second-order valence-electron chi connectivity index (χ2n) is 2.99. The summed E-state index contributed by atoms with van der Waals surface area (Å²) in [5, 5.41) is 7.89. The van der Waals surface area contributed by atoms with Gasteiger partial charge in [-0.25, -0.2) is 4.79 Å². The molecule has 0 spiro atoms. The molecule has 0 aromatic carbocycles. The minimum absolute atomic E-state index is 0.0856. The van der Waals surface area contributed by atoms with E-state index >= 15 is 0 Å². The average molecular weight is 185 g/mol. The Morgan fingerprint density at radius 2 is 2.46 bits per heavy atom. The van der Waals surface area contributed by atoms with E-state index in [-0.39, 0.29) is 18.0 Å². The number of urea groups is 1. The molecular formula is C8H15N3O2. The first kappa shape index (κ1) is 9.83. The quantitative estimate of drug-likeness (QED) is 0.547. The Bertz CT molecular complexity index is 206. The standard InChI is InChI=1S/C8H15N3O2/c1-2-9-8(13)11-6-4-3-5-10-7(6)12/h6H,2-5H2,1H3,(H,10,12)(H2,9,11,13). The third kappa shape index (κ3) is 2.93. The molecule has 5 heteroatoms. The van der Waals surface area contributed by atoms with Crippen molar-refractivity contribution in [3.8, 4) is 0 Å². The first-order valence-corrected chi connectivity index (χ1v) is 4.56. The van der Waals surface area contributed by atoms with Gasteiger partial charge in [0.25, 0.3) is 0 Å². The maximum Gasteiger partial charge on any atom is 0.315 e. The third-order valence-corrected chi connectivity index (χ3v) is 1.93. The second-order valence-corrected chi connectivity index (χ2v) is 2.99. The largest absolute Gasteiger partial charge is 0.354 e. The molecule has 1 atom stereocenters. The highest BCUT2D eigenvalue weighted by atomic mass is 16.2. The van der Waals surface area contributed by atoms with Crippen molar-refractivity contribution in [2.75, 3.05) is 13.1 Å². The van der Waals surface area contributed by atoms with Gasteiger partial charge in [0.1, 0.15) is 6.04 Å². The highest BCUT2D eigenvalue weighted by Gasteiger charge is 2.22. The molecule has 1 unspecified atom stereocenters. The molecule has 1 aliphatic rings. The number of carbonyl (C=O) groups excluding carboxylic acids is 2. The lowest BCUT2D eigenvalue weighted by Crippen LogP contribution is -2.52. The summed E-state index contributed by atoms with van der Waals surface area (Å²) in [6.07, 6.45) is 1.64. The zero-order chi connectivity index (χ0) is 9.68. The van der Waals surface area contributed by atoms with E-state index in [9.17, 15) is 9.59 Å². The number of rotatable bonds is 2. The summed E-state index contributed by atoms with van der Waals surface area (Å²) in [6, 6.07) is -0.634. The molecule has 0 bridgehead atoms. The van der Waals surface area contributed by atoms with Gasteiger partial charge in [0.15, 0.2) is 0 Å². The van der Waals surface area contributed by atoms with Crippen molar-refractivity contribution in [2.45, 2.75) is 25.8 Å². The molecule has 74 valence electrons. The maximum atomic E-state index is 11.2. The van der Waals surface area contributed by atoms with Gasteiger partial charge in [-0.3, -0.25) is 4.79 Å². The Morgan fingerprint density at radius 3 is 3.08 bits per heavy atom. The number of hydrogen-bond donors (Lipinski definition) is 3. The van der Waals surface area contributed by atoms with Gasteiger partial charge >= 0.3 is 6.03 Å². The van der Waals surface area contributed by atoms with Gasteiger partial charge in [0.05, 0.1) is 0 Å². The number of nitrogens with one attached hydrogen (secondary N) is 3. The van der Waals surface area contributed by atoms with Crippen molar-refractivity contribution in [1.29, 1.82) is 0 Å². The van der Waals surface area contributed by atoms with Gasteiger partial charge in [0, 0.05) is 13.1 Å². The van der Waals surface area contributed by atoms with Crippen LogP contribution < -0.4 is 16.0 Å². The van der Waals surface area contributed by atoms with E-state index in [1.54, 1.807) is 0 Å². The third-order valence-electron chi connectivity index (χ3n) is 1.93. The fourth-order valence-electron chi connectivity index (χ4n) is 1.28. The highest BCUT2D eigenvalue weighted by molar-refractivity contribution is 5.87. The molecule has 0 radical (unpaired) electrons. The number of piperidine rings is 1. The lowest BCUT2D eigenvalue weighted by Gasteiger charge is -2.22. The summed E-state index contributed by atoms with van der Waals surface area (Å²) in [5.74, 6) is -0.0856. The SMILES string of the molecule is CCNC(=O)NC1CCCNC1=O. The Kier molecular flexibility index (Phi) is 3.54. The van der Waals surface area contributed by atoms with E-state index in [0.717, 1.165) is 12.8 Å². The Labute approximate surface area is 77.3 Å². The van der Waals surface area contributed by atoms with Crippen LogP contribution in [0.2, 0.25) is 0 Å². The summed E-state index contributed by atoms with van der Waals surface area (Å²) >= 11 is 0. The number of hydrogen-bond acceptors (Lipinski definition) is 2. The molecule has 1 fully saturated rings. The first-order chi connectivity index (χ1) is 6.24. The van der Waals surface area contributed by atoms with Crippen LogP contribution in [0.5, 0.6) is 0 Å². The normalized spacial score (nSPS) is 21.9.